The van der Waals surface area contributed by atoms with Gasteiger partial charge in [0.25, 0.3) is 0 Å². The van der Waals surface area contributed by atoms with Crippen molar-refractivity contribution in [2.45, 2.75) is 12.4 Å². The van der Waals surface area contributed by atoms with Gasteiger partial charge in [-0.3, -0.25) is 0 Å². The van der Waals surface area contributed by atoms with Crippen LogP contribution in [0.25, 0.3) is 111 Å². The van der Waals surface area contributed by atoms with Gasteiger partial charge in [-0.05, 0) is 136 Å². The first-order valence-corrected chi connectivity index (χ1v) is 24.7. The zero-order valence-corrected chi connectivity index (χ0v) is 41.5. The molecule has 2 heterocycles. The Morgan fingerprint density at radius 1 is 0.312 bits per heavy atom. The van der Waals surface area contributed by atoms with Crippen LogP contribution in [0.15, 0.2) is 200 Å². The van der Waals surface area contributed by atoms with E-state index >= 15 is 26.3 Å². The van der Waals surface area contributed by atoms with Gasteiger partial charge in [0.15, 0.2) is 0 Å². The van der Waals surface area contributed by atoms with Gasteiger partial charge in [-0.2, -0.15) is 52.7 Å². The molecule has 0 aliphatic heterocycles. The summed E-state index contributed by atoms with van der Waals surface area (Å²) in [5, 5.41) is 53.0. The Kier molecular flexibility index (Phi) is 11.9. The molecule has 0 spiro atoms. The van der Waals surface area contributed by atoms with Crippen molar-refractivity contribution in [1.82, 2.24) is 9.13 Å². The SMILES string of the molecule is N#Cc1ccc(-c2ccc3c4ccc(-c5ccc(C#N)cc5)cc4n(-c4ccc(-c5c(C(F)(F)F)cccc5C(F)(F)F)c(-n5c6cc(-c7ccc(C#N)cc7)ccc6c6ccc(-c7ccc(C#N)cc7)cc65)c4C#N)c3c2)cc1. The second-order valence-corrected chi connectivity index (χ2v) is 19.0. The van der Waals surface area contributed by atoms with E-state index < -0.39 is 34.6 Å². The molecule has 7 nitrogen and oxygen atoms in total. The number of fused-ring (bicyclic) bond motifs is 6. The van der Waals surface area contributed by atoms with Crippen LogP contribution in [-0.4, -0.2) is 9.13 Å². The smallest absolute Gasteiger partial charge is 0.308 e. The Morgan fingerprint density at radius 2 is 0.613 bits per heavy atom. The fraction of sp³-hybridized carbons (Fsp3) is 0.0299. The Morgan fingerprint density at radius 3 is 0.900 bits per heavy atom. The van der Waals surface area contributed by atoms with Gasteiger partial charge in [0.05, 0.1) is 91.1 Å². The average Bonchev–Trinajstić information content (AvgIpc) is 4.20. The summed E-state index contributed by atoms with van der Waals surface area (Å²) in [6.07, 6.45) is -10.6. The number of benzene rings is 10. The van der Waals surface area contributed by atoms with Gasteiger partial charge in [0.2, 0.25) is 0 Å². The molecule has 0 radical (unpaired) electrons. The van der Waals surface area contributed by atoms with Crippen molar-refractivity contribution >= 4 is 43.6 Å². The number of nitriles is 5. The number of aromatic nitrogens is 2. The maximum atomic E-state index is 15.6. The third-order valence-corrected chi connectivity index (χ3v) is 14.6. The molecule has 0 amide bonds. The highest BCUT2D eigenvalue weighted by Crippen LogP contribution is 2.50. The Hall–Kier alpha value is -11.2. The van der Waals surface area contributed by atoms with E-state index in [0.717, 1.165) is 17.2 Å². The zero-order valence-electron chi connectivity index (χ0n) is 41.5. The first kappa shape index (κ1) is 49.7. The molecule has 0 saturated carbocycles. The van der Waals surface area contributed by atoms with Gasteiger partial charge in [-0.1, -0.05) is 109 Å². The lowest BCUT2D eigenvalue weighted by atomic mass is 9.90. The molecule has 378 valence electrons. The average molecular weight is 1050 g/mol. The summed E-state index contributed by atoms with van der Waals surface area (Å²) in [4.78, 5) is 0. The number of rotatable bonds is 7. The second kappa shape index (κ2) is 19.1. The van der Waals surface area contributed by atoms with Crippen LogP contribution in [0, 0.1) is 56.7 Å². The first-order chi connectivity index (χ1) is 38.7. The van der Waals surface area contributed by atoms with Gasteiger partial charge in [-0.15, -0.1) is 0 Å². The molecule has 0 saturated heterocycles. The van der Waals surface area contributed by atoms with E-state index in [0.29, 0.717) is 111 Å². The normalized spacial score (nSPS) is 11.6. The van der Waals surface area contributed by atoms with Crippen molar-refractivity contribution in [2.75, 3.05) is 0 Å². The Labute approximate surface area is 452 Å². The predicted molar refractivity (Wildman–Crippen MR) is 296 cm³/mol. The number of hydrogen-bond donors (Lipinski definition) is 0. The first-order valence-electron chi connectivity index (χ1n) is 24.7. The zero-order chi connectivity index (χ0) is 55.6. The molecular weight excluding hydrogens is 1020 g/mol. The van der Waals surface area contributed by atoms with Gasteiger partial charge in [0.1, 0.15) is 11.6 Å². The van der Waals surface area contributed by atoms with E-state index in [2.05, 4.69) is 30.3 Å². The molecule has 13 heteroatoms. The summed E-state index contributed by atoms with van der Waals surface area (Å²) in [5.74, 6) is 0. The van der Waals surface area contributed by atoms with Crippen LogP contribution in [0.3, 0.4) is 0 Å². The van der Waals surface area contributed by atoms with Crippen LogP contribution in [0.4, 0.5) is 26.3 Å². The third-order valence-electron chi connectivity index (χ3n) is 14.6. The van der Waals surface area contributed by atoms with E-state index in [-0.39, 0.29) is 16.9 Å². The van der Waals surface area contributed by atoms with E-state index in [1.54, 1.807) is 118 Å². The molecule has 10 aromatic carbocycles. The summed E-state index contributed by atoms with van der Waals surface area (Å²) in [5.41, 5.74) is 3.48. The monoisotopic (exact) mass is 1050 g/mol. The van der Waals surface area contributed by atoms with Gasteiger partial charge < -0.3 is 9.13 Å². The molecule has 80 heavy (non-hydrogen) atoms. The molecule has 0 fully saturated rings. The van der Waals surface area contributed by atoms with Crippen molar-refractivity contribution in [2.24, 2.45) is 0 Å². The summed E-state index contributed by atoms with van der Waals surface area (Å²) in [6, 6.07) is 64.9. The minimum Gasteiger partial charge on any atom is -0.308 e. The molecule has 0 atom stereocenters. The molecule has 0 N–H and O–H groups in total. The van der Waals surface area contributed by atoms with E-state index in [4.69, 9.17) is 0 Å². The molecule has 0 aliphatic rings. The maximum Gasteiger partial charge on any atom is 0.417 e. The standard InChI is InChI=1S/C67H33F6N7/c68-66(69,70)57-2-1-3-58(67(71,72)73)64(57)55-28-29-59(79-60-30-47(43-12-4-39(34-74)5-13-43)20-24-51(60)52-25-21-48(31-61(52)79)44-14-6-40(35-75)7-15-44)56(38-78)65(55)80-62-32-49(45-16-8-41(36-76)9-17-45)22-26-53(62)54-27-23-50(33-63(54)80)46-18-10-42(37-77)11-19-46/h1-33H. The van der Waals surface area contributed by atoms with Crippen molar-refractivity contribution in [3.05, 3.63) is 239 Å². The van der Waals surface area contributed by atoms with Gasteiger partial charge in [-0.25, -0.2) is 0 Å². The molecule has 0 bridgehead atoms. The molecular formula is C67H33F6N7. The summed E-state index contributed by atoms with van der Waals surface area (Å²) in [6.45, 7) is 0. The van der Waals surface area contributed by atoms with Crippen molar-refractivity contribution in [3.8, 4) is 97.4 Å². The fourth-order valence-corrected chi connectivity index (χ4v) is 10.8. The lowest BCUT2D eigenvalue weighted by molar-refractivity contribution is -0.142. The topological polar surface area (TPSA) is 129 Å². The van der Waals surface area contributed by atoms with E-state index in [1.807, 2.05) is 60.7 Å². The maximum absolute atomic E-state index is 15.6. The van der Waals surface area contributed by atoms with Crippen LogP contribution >= 0.6 is 0 Å². The van der Waals surface area contributed by atoms with Crippen LogP contribution in [0.2, 0.25) is 0 Å². The predicted octanol–water partition coefficient (Wildman–Crippen LogP) is 17.6. The summed E-state index contributed by atoms with van der Waals surface area (Å²) >= 11 is 0. The summed E-state index contributed by atoms with van der Waals surface area (Å²) < 4.78 is 97.2. The Balaban J connectivity index is 1.27. The van der Waals surface area contributed by atoms with Crippen molar-refractivity contribution in [1.29, 1.82) is 26.3 Å². The lowest BCUT2D eigenvalue weighted by Gasteiger charge is -2.24. The van der Waals surface area contributed by atoms with Crippen LogP contribution in [-0.2, 0) is 12.4 Å². The number of alkyl halides is 6. The lowest BCUT2D eigenvalue weighted by Crippen LogP contribution is -2.16. The van der Waals surface area contributed by atoms with Crippen LogP contribution in [0.5, 0.6) is 0 Å². The highest BCUT2D eigenvalue weighted by atomic mass is 19.4. The second-order valence-electron chi connectivity index (χ2n) is 19.0. The quantitative estimate of drug-likeness (QED) is 0.147. The number of halogens is 6. The summed E-state index contributed by atoms with van der Waals surface area (Å²) in [7, 11) is 0. The fourth-order valence-electron chi connectivity index (χ4n) is 10.8. The molecule has 2 aromatic heterocycles. The number of hydrogen-bond acceptors (Lipinski definition) is 5. The van der Waals surface area contributed by atoms with Crippen LogP contribution in [0.1, 0.15) is 38.9 Å². The van der Waals surface area contributed by atoms with E-state index in [1.165, 1.54) is 12.1 Å². The molecule has 0 aliphatic carbocycles. The van der Waals surface area contributed by atoms with E-state index in [9.17, 15) is 26.3 Å². The number of nitrogens with zero attached hydrogens (tertiary/aromatic N) is 7. The highest BCUT2D eigenvalue weighted by molar-refractivity contribution is 6.14. The molecule has 12 aromatic rings. The largest absolute Gasteiger partial charge is 0.417 e. The van der Waals surface area contributed by atoms with Crippen molar-refractivity contribution in [3.63, 3.8) is 0 Å². The highest BCUT2D eigenvalue weighted by Gasteiger charge is 2.42. The van der Waals surface area contributed by atoms with Gasteiger partial charge >= 0.3 is 12.4 Å². The molecule has 0 unspecified atom stereocenters. The minimum absolute atomic E-state index is 0.125. The molecule has 12 rings (SSSR count). The van der Waals surface area contributed by atoms with Crippen LogP contribution < -0.4 is 0 Å². The van der Waals surface area contributed by atoms with Crippen molar-refractivity contribution < 1.29 is 26.3 Å². The third kappa shape index (κ3) is 8.39. The Bertz CT molecular complexity index is 4500. The minimum atomic E-state index is -5.32. The van der Waals surface area contributed by atoms with Gasteiger partial charge in [0, 0.05) is 32.7 Å².